The van der Waals surface area contributed by atoms with E-state index in [1.807, 2.05) is 39.8 Å². The molecule has 3 aliphatic rings. The molecule has 3 heterocycles. The van der Waals surface area contributed by atoms with Gasteiger partial charge in [-0.3, -0.25) is 57.5 Å². The van der Waals surface area contributed by atoms with E-state index in [1.165, 1.54) is 76.9 Å². The topological polar surface area (TPSA) is 279 Å². The number of carbonyl (C=O) groups is 12. The lowest BCUT2D eigenvalue weighted by Gasteiger charge is -2.43. The number of hydrogen-bond donors (Lipinski definition) is 4. The minimum atomic E-state index is -4.94. The van der Waals surface area contributed by atoms with Gasteiger partial charge < -0.3 is 60.5 Å². The molecule has 0 bridgehead atoms. The van der Waals surface area contributed by atoms with Gasteiger partial charge >= 0.3 is 6.18 Å². The minimum absolute atomic E-state index is 0.0366. The van der Waals surface area contributed by atoms with Crippen LogP contribution >= 0.6 is 22.6 Å². The SMILES string of the molecule is CC[C@H](C)[C@@H]1NC(=O)[C@H](CC(C)C)N(C)C(=O)C[C@@H](C(=O)N2CCCCC2)N(C)C(=O)[C@H](CC(C)C)NC(=O)C(C)(C)N(C)C(=O)[C@H](Cc2ccccc2C(F)(F)F)NC(=O)[C@H](Cc2cccc(I)c2)NC(=O)CN(C)C(=O)[C@H](Cc2ccc(C)cc2)N(C)C(=O)C2CCN2C(=O)CN(C)C1=O. The Labute approximate surface area is 611 Å². The van der Waals surface area contributed by atoms with Crippen LogP contribution < -0.4 is 21.3 Å². The predicted molar refractivity (Wildman–Crippen MR) is 386 cm³/mol. The second-order valence-corrected chi connectivity index (χ2v) is 30.2. The molecule has 3 aliphatic heterocycles. The van der Waals surface area contributed by atoms with Crippen molar-refractivity contribution in [1.29, 1.82) is 0 Å². The monoisotopic (exact) mass is 1540 g/mol. The standard InChI is InChI=1S/C74H104F3IN12O12/c1-16-47(7)63-71(101)84(11)43-62(93)90-34-31-56(90)69(99)87(14)58(39-48-29-27-46(6)28-30-48)68(98)83(10)42-60(91)79-53(38-49-23-22-25-51(78)37-49)64(94)80-55(40-50-24-18-19-26-52(50)74(75,76)77)67(97)88(15)73(8,9)72(102)81-54(35-44(2)3)66(96)86(13)59(70(100)89-32-20-17-21-33-89)41-61(92)85(12)57(36-45(4)5)65(95)82-63/h18-19,22-30,37,44-45,47,53-59,63H,16-17,20-21,31-36,38-43H2,1-15H3,(H,79,91)(H,80,94)(H,81,102)(H,82,95)/t47-,53-,54-,55-,56?,57-,58-,59-,63-/m0/s1. The molecule has 6 rings (SSSR count). The maximum atomic E-state index is 15.3. The van der Waals surface area contributed by atoms with Gasteiger partial charge in [-0.2, -0.15) is 13.2 Å². The Bertz CT molecular complexity index is 3530. The van der Waals surface area contributed by atoms with Gasteiger partial charge in [-0.1, -0.05) is 108 Å². The number of aryl methyl sites for hydroxylation is 1. The first kappa shape index (κ1) is 82.8. The summed E-state index contributed by atoms with van der Waals surface area (Å²) < 4.78 is 45.3. The lowest BCUT2D eigenvalue weighted by molar-refractivity contribution is -0.157. The zero-order valence-corrected chi connectivity index (χ0v) is 63.7. The largest absolute Gasteiger partial charge is 0.416 e. The van der Waals surface area contributed by atoms with Crippen molar-refractivity contribution in [2.45, 2.75) is 193 Å². The summed E-state index contributed by atoms with van der Waals surface area (Å²) >= 11 is 2.06. The van der Waals surface area contributed by atoms with Gasteiger partial charge in [0.15, 0.2) is 0 Å². The van der Waals surface area contributed by atoms with Gasteiger partial charge in [0, 0.05) is 84.8 Å². The summed E-state index contributed by atoms with van der Waals surface area (Å²) in [6.45, 7) is 14.9. The molecule has 102 heavy (non-hydrogen) atoms. The highest BCUT2D eigenvalue weighted by atomic mass is 127. The van der Waals surface area contributed by atoms with Gasteiger partial charge in [-0.15, -0.1) is 0 Å². The zero-order chi connectivity index (χ0) is 76.0. The summed E-state index contributed by atoms with van der Waals surface area (Å²) in [5, 5.41) is 11.0. The van der Waals surface area contributed by atoms with E-state index >= 15 is 19.2 Å². The molecule has 24 nitrogen and oxygen atoms in total. The number of halogens is 4. The third-order valence-corrected chi connectivity index (χ3v) is 20.6. The van der Waals surface area contributed by atoms with E-state index in [0.717, 1.165) is 53.4 Å². The van der Waals surface area contributed by atoms with Crippen molar-refractivity contribution in [3.05, 3.63) is 104 Å². The third kappa shape index (κ3) is 21.5. The first-order chi connectivity index (χ1) is 47.8. The first-order valence-corrected chi connectivity index (χ1v) is 36.2. The number of alkyl halides is 3. The highest BCUT2D eigenvalue weighted by Gasteiger charge is 2.47. The average Bonchev–Trinajstić information content (AvgIpc) is 0.795. The summed E-state index contributed by atoms with van der Waals surface area (Å²) in [5.41, 5.74) is -1.45. The number of fused-ring (bicyclic) bond motifs is 1. The fourth-order valence-electron chi connectivity index (χ4n) is 12.9. The van der Waals surface area contributed by atoms with Gasteiger partial charge in [0.25, 0.3) is 0 Å². The van der Waals surface area contributed by atoms with Crippen LogP contribution in [0, 0.1) is 28.2 Å². The Balaban J connectivity index is 1.48. The Hall–Kier alpha value is -8.18. The van der Waals surface area contributed by atoms with E-state index in [1.54, 1.807) is 62.1 Å². The number of rotatable bonds is 13. The molecule has 1 unspecified atom stereocenters. The number of likely N-dealkylation sites (tertiary alicyclic amines) is 1. The Morgan fingerprint density at radius 3 is 1.81 bits per heavy atom. The molecule has 0 radical (unpaired) electrons. The van der Waals surface area contributed by atoms with E-state index in [2.05, 4.69) is 43.9 Å². The quantitative estimate of drug-likeness (QED) is 0.157. The van der Waals surface area contributed by atoms with Crippen molar-refractivity contribution in [1.82, 2.24) is 60.5 Å². The lowest BCUT2D eigenvalue weighted by atomic mass is 9.94. The minimum Gasteiger partial charge on any atom is -0.342 e. The van der Waals surface area contributed by atoms with Crippen molar-refractivity contribution in [2.75, 3.05) is 75.0 Å². The van der Waals surface area contributed by atoms with Crippen molar-refractivity contribution < 1.29 is 70.7 Å². The molecule has 3 fully saturated rings. The molecule has 3 aromatic rings. The number of benzene rings is 3. The molecular weight excluding hydrogens is 1430 g/mol. The molecule has 12 amide bonds. The second-order valence-electron chi connectivity index (χ2n) is 29.0. The molecule has 3 saturated heterocycles. The van der Waals surface area contributed by atoms with Crippen LogP contribution in [-0.4, -0.2) is 239 Å². The highest BCUT2D eigenvalue weighted by Crippen LogP contribution is 2.33. The number of carbonyl (C=O) groups excluding carboxylic acids is 12. The predicted octanol–water partition coefficient (Wildman–Crippen LogP) is 5.38. The van der Waals surface area contributed by atoms with Gasteiger partial charge in [-0.05, 0) is 135 Å². The van der Waals surface area contributed by atoms with E-state index in [9.17, 15) is 51.5 Å². The van der Waals surface area contributed by atoms with Crippen LogP contribution in [0.4, 0.5) is 13.2 Å². The maximum absolute atomic E-state index is 15.3. The number of amides is 12. The Kier molecular flexibility index (Phi) is 29.5. The summed E-state index contributed by atoms with van der Waals surface area (Å²) in [4.78, 5) is 188. The number of piperidine rings is 1. The van der Waals surface area contributed by atoms with Crippen molar-refractivity contribution in [3.8, 4) is 0 Å². The molecule has 0 spiro atoms. The third-order valence-electron chi connectivity index (χ3n) is 19.9. The summed E-state index contributed by atoms with van der Waals surface area (Å²) in [6, 6.07) is 7.33. The van der Waals surface area contributed by atoms with Crippen LogP contribution in [-0.2, 0) is 83.0 Å². The van der Waals surface area contributed by atoms with E-state index in [-0.39, 0.29) is 50.5 Å². The maximum Gasteiger partial charge on any atom is 0.416 e. The van der Waals surface area contributed by atoms with Gasteiger partial charge in [0.2, 0.25) is 70.9 Å². The van der Waals surface area contributed by atoms with E-state index in [4.69, 9.17) is 0 Å². The van der Waals surface area contributed by atoms with Crippen LogP contribution in [0.2, 0.25) is 0 Å². The summed E-state index contributed by atoms with van der Waals surface area (Å²) in [5.74, 6) is -10.3. The van der Waals surface area contributed by atoms with E-state index < -0.39 is 174 Å². The van der Waals surface area contributed by atoms with Gasteiger partial charge in [-0.25, -0.2) is 0 Å². The average molecular weight is 1540 g/mol. The fraction of sp³-hybridized carbons (Fsp3) is 0.595. The van der Waals surface area contributed by atoms with Gasteiger partial charge in [0.1, 0.15) is 53.9 Å². The lowest BCUT2D eigenvalue weighted by Crippen LogP contribution is -2.64. The van der Waals surface area contributed by atoms with Crippen LogP contribution in [0.3, 0.4) is 0 Å². The molecule has 0 aliphatic carbocycles. The molecule has 0 aromatic heterocycles. The summed E-state index contributed by atoms with van der Waals surface area (Å²) in [6.07, 6.45) is -3.91. The van der Waals surface area contributed by atoms with Crippen LogP contribution in [0.5, 0.6) is 0 Å². The van der Waals surface area contributed by atoms with Crippen molar-refractivity contribution in [2.24, 2.45) is 17.8 Å². The van der Waals surface area contributed by atoms with Crippen LogP contribution in [0.25, 0.3) is 0 Å². The number of nitrogens with one attached hydrogen (secondary N) is 4. The number of nitrogens with zero attached hydrogens (tertiary/aromatic N) is 8. The van der Waals surface area contributed by atoms with Crippen LogP contribution in [0.15, 0.2) is 72.8 Å². The van der Waals surface area contributed by atoms with E-state index in [0.29, 0.717) is 43.5 Å². The van der Waals surface area contributed by atoms with Crippen molar-refractivity contribution in [3.63, 3.8) is 0 Å². The Morgan fingerprint density at radius 1 is 0.598 bits per heavy atom. The molecule has 0 saturated carbocycles. The number of likely N-dealkylation sites (N-methyl/N-ethyl adjacent to an activating group) is 6. The molecular formula is C74H104F3IN12O12. The van der Waals surface area contributed by atoms with Crippen LogP contribution in [0.1, 0.15) is 135 Å². The number of hydrogen-bond acceptors (Lipinski definition) is 12. The second kappa shape index (κ2) is 36.3. The molecule has 3 aromatic carbocycles. The molecule has 28 heteroatoms. The molecule has 9 atom stereocenters. The molecule has 560 valence electrons. The fourth-order valence-corrected chi connectivity index (χ4v) is 13.6. The molecule has 4 N–H and O–H groups in total. The van der Waals surface area contributed by atoms with Gasteiger partial charge in [0.05, 0.1) is 25.1 Å². The first-order valence-electron chi connectivity index (χ1n) is 35.1. The normalized spacial score (nSPS) is 24.3. The highest BCUT2D eigenvalue weighted by molar-refractivity contribution is 14.1. The Morgan fingerprint density at radius 2 is 1.23 bits per heavy atom. The smallest absolute Gasteiger partial charge is 0.342 e. The van der Waals surface area contributed by atoms with Crippen molar-refractivity contribution >= 4 is 93.5 Å². The summed E-state index contributed by atoms with van der Waals surface area (Å²) in [7, 11) is 8.06. The zero-order valence-electron chi connectivity index (χ0n) is 61.6.